The molecular formula is C19H21FN2O. The molecular weight excluding hydrogens is 291 g/mol. The number of rotatable bonds is 5. The maximum absolute atomic E-state index is 13.3. The van der Waals surface area contributed by atoms with Gasteiger partial charge in [0.1, 0.15) is 5.82 Å². The molecule has 1 amide bonds. The van der Waals surface area contributed by atoms with Crippen molar-refractivity contribution in [2.45, 2.75) is 0 Å². The van der Waals surface area contributed by atoms with Crippen molar-refractivity contribution >= 4 is 11.6 Å². The van der Waals surface area contributed by atoms with Gasteiger partial charge in [0.2, 0.25) is 0 Å². The molecule has 0 saturated carbocycles. The average molecular weight is 312 g/mol. The van der Waals surface area contributed by atoms with Crippen molar-refractivity contribution in [1.29, 1.82) is 0 Å². The standard InChI is InChI=1S/C19H21FN2O/c1-4-7-16(5-2)19(23)22-12-10-21(11-13-22)15(3)17-8-6-9-18(20)14-17/h4-9,14H,1-3,10-13H2/b16-7+. The maximum atomic E-state index is 13.3. The summed E-state index contributed by atoms with van der Waals surface area (Å²) in [5, 5.41) is 0. The topological polar surface area (TPSA) is 23.6 Å². The molecule has 0 radical (unpaired) electrons. The predicted octanol–water partition coefficient (Wildman–Crippen LogP) is 3.24. The molecule has 0 aromatic heterocycles. The molecule has 1 aliphatic heterocycles. The lowest BCUT2D eigenvalue weighted by molar-refractivity contribution is -0.128. The smallest absolute Gasteiger partial charge is 0.253 e. The number of halogens is 1. The third kappa shape index (κ3) is 3.97. The van der Waals surface area contributed by atoms with E-state index in [1.54, 1.807) is 29.2 Å². The zero-order valence-electron chi connectivity index (χ0n) is 13.2. The van der Waals surface area contributed by atoms with Gasteiger partial charge in [0, 0.05) is 43.0 Å². The van der Waals surface area contributed by atoms with Crippen LogP contribution in [0.5, 0.6) is 0 Å². The third-order valence-corrected chi connectivity index (χ3v) is 3.87. The van der Waals surface area contributed by atoms with Gasteiger partial charge in [-0.25, -0.2) is 4.39 Å². The van der Waals surface area contributed by atoms with Crippen molar-refractivity contribution in [3.63, 3.8) is 0 Å². The van der Waals surface area contributed by atoms with Gasteiger partial charge in [0.15, 0.2) is 0 Å². The number of amides is 1. The van der Waals surface area contributed by atoms with Gasteiger partial charge < -0.3 is 9.80 Å². The quantitative estimate of drug-likeness (QED) is 0.615. The Morgan fingerprint density at radius 1 is 1.13 bits per heavy atom. The first-order chi connectivity index (χ1) is 11.1. The van der Waals surface area contributed by atoms with Gasteiger partial charge in [-0.05, 0) is 12.1 Å². The molecule has 2 rings (SSSR count). The molecule has 1 aromatic rings. The van der Waals surface area contributed by atoms with E-state index >= 15 is 0 Å². The summed E-state index contributed by atoms with van der Waals surface area (Å²) in [6, 6.07) is 6.40. The molecule has 1 saturated heterocycles. The zero-order chi connectivity index (χ0) is 16.8. The van der Waals surface area contributed by atoms with Crippen LogP contribution in [0.1, 0.15) is 5.56 Å². The van der Waals surface area contributed by atoms with Crippen LogP contribution in [0.25, 0.3) is 5.70 Å². The minimum atomic E-state index is -0.275. The SMILES string of the molecule is C=C/C=C(\C=C)C(=O)N1CCN(C(=C)c2cccc(F)c2)CC1. The van der Waals surface area contributed by atoms with Gasteiger partial charge in [0.25, 0.3) is 5.91 Å². The van der Waals surface area contributed by atoms with Crippen LogP contribution in [0.2, 0.25) is 0 Å². The molecule has 1 fully saturated rings. The Morgan fingerprint density at radius 2 is 1.78 bits per heavy atom. The Hall–Kier alpha value is -2.62. The number of hydrogen-bond acceptors (Lipinski definition) is 2. The lowest BCUT2D eigenvalue weighted by atomic mass is 10.1. The van der Waals surface area contributed by atoms with Crippen LogP contribution in [-0.4, -0.2) is 41.9 Å². The van der Waals surface area contributed by atoms with Crippen molar-refractivity contribution in [2.24, 2.45) is 0 Å². The fraction of sp³-hybridized carbons (Fsp3) is 0.211. The van der Waals surface area contributed by atoms with Crippen LogP contribution in [0, 0.1) is 5.82 Å². The Bertz CT molecular complexity index is 655. The van der Waals surface area contributed by atoms with E-state index in [1.165, 1.54) is 12.1 Å². The van der Waals surface area contributed by atoms with Crippen LogP contribution < -0.4 is 0 Å². The number of benzene rings is 1. The number of carbonyl (C=O) groups is 1. The van der Waals surface area contributed by atoms with Crippen LogP contribution >= 0.6 is 0 Å². The first-order valence-electron chi connectivity index (χ1n) is 7.51. The number of hydrogen-bond donors (Lipinski definition) is 0. The van der Waals surface area contributed by atoms with Crippen LogP contribution in [0.3, 0.4) is 0 Å². The highest BCUT2D eigenvalue weighted by Gasteiger charge is 2.23. The van der Waals surface area contributed by atoms with Crippen LogP contribution in [-0.2, 0) is 4.79 Å². The Morgan fingerprint density at radius 3 is 2.35 bits per heavy atom. The molecule has 120 valence electrons. The molecule has 1 heterocycles. The summed E-state index contributed by atoms with van der Waals surface area (Å²) in [5.74, 6) is -0.321. The third-order valence-electron chi connectivity index (χ3n) is 3.87. The van der Waals surface area contributed by atoms with E-state index in [-0.39, 0.29) is 11.7 Å². The Labute approximate surface area is 136 Å². The molecule has 0 bridgehead atoms. The number of allylic oxidation sites excluding steroid dienone is 2. The first-order valence-corrected chi connectivity index (χ1v) is 7.51. The minimum Gasteiger partial charge on any atom is -0.368 e. The Kier molecular flexibility index (Phi) is 5.52. The van der Waals surface area contributed by atoms with Crippen molar-refractivity contribution in [3.05, 3.63) is 79.2 Å². The fourth-order valence-electron chi connectivity index (χ4n) is 2.57. The normalized spacial score (nSPS) is 15.3. The molecule has 1 aliphatic rings. The lowest BCUT2D eigenvalue weighted by Crippen LogP contribution is -2.48. The van der Waals surface area contributed by atoms with E-state index in [4.69, 9.17) is 0 Å². The molecule has 0 N–H and O–H groups in total. The molecule has 0 atom stereocenters. The molecule has 0 spiro atoms. The van der Waals surface area contributed by atoms with Gasteiger partial charge in [-0.2, -0.15) is 0 Å². The van der Waals surface area contributed by atoms with Crippen molar-refractivity contribution in [2.75, 3.05) is 26.2 Å². The van der Waals surface area contributed by atoms with Gasteiger partial charge in [-0.1, -0.05) is 50.1 Å². The summed E-state index contributed by atoms with van der Waals surface area (Å²) in [6.45, 7) is 13.8. The number of nitrogens with zero attached hydrogens (tertiary/aromatic N) is 2. The highest BCUT2D eigenvalue weighted by Crippen LogP contribution is 2.20. The van der Waals surface area contributed by atoms with E-state index in [0.717, 1.165) is 11.3 Å². The lowest BCUT2D eigenvalue weighted by Gasteiger charge is -2.37. The molecule has 0 unspecified atom stereocenters. The highest BCUT2D eigenvalue weighted by atomic mass is 19.1. The summed E-state index contributed by atoms with van der Waals surface area (Å²) in [5.41, 5.74) is 2.09. The molecule has 4 heteroatoms. The van der Waals surface area contributed by atoms with Crippen molar-refractivity contribution in [3.8, 4) is 0 Å². The second-order valence-corrected chi connectivity index (χ2v) is 5.30. The van der Waals surface area contributed by atoms with Gasteiger partial charge >= 0.3 is 0 Å². The van der Waals surface area contributed by atoms with Crippen LogP contribution in [0.15, 0.2) is 67.8 Å². The largest absolute Gasteiger partial charge is 0.368 e. The molecule has 1 aromatic carbocycles. The summed E-state index contributed by atoms with van der Waals surface area (Å²) in [6.07, 6.45) is 4.78. The van der Waals surface area contributed by atoms with Gasteiger partial charge in [-0.15, -0.1) is 0 Å². The predicted molar refractivity (Wildman–Crippen MR) is 92.1 cm³/mol. The summed E-state index contributed by atoms with van der Waals surface area (Å²) >= 11 is 0. The van der Waals surface area contributed by atoms with Crippen molar-refractivity contribution in [1.82, 2.24) is 9.80 Å². The van der Waals surface area contributed by atoms with E-state index in [1.807, 2.05) is 6.07 Å². The summed E-state index contributed by atoms with van der Waals surface area (Å²) in [4.78, 5) is 16.2. The van der Waals surface area contributed by atoms with Gasteiger partial charge in [-0.3, -0.25) is 4.79 Å². The number of carbonyl (C=O) groups excluding carboxylic acids is 1. The van der Waals surface area contributed by atoms with E-state index in [9.17, 15) is 9.18 Å². The van der Waals surface area contributed by atoms with E-state index in [2.05, 4.69) is 24.6 Å². The minimum absolute atomic E-state index is 0.0454. The maximum Gasteiger partial charge on any atom is 0.253 e. The second kappa shape index (κ2) is 7.58. The molecule has 3 nitrogen and oxygen atoms in total. The second-order valence-electron chi connectivity index (χ2n) is 5.30. The molecule has 23 heavy (non-hydrogen) atoms. The van der Waals surface area contributed by atoms with E-state index < -0.39 is 0 Å². The van der Waals surface area contributed by atoms with E-state index in [0.29, 0.717) is 31.8 Å². The van der Waals surface area contributed by atoms with Gasteiger partial charge in [0.05, 0.1) is 0 Å². The zero-order valence-corrected chi connectivity index (χ0v) is 13.2. The van der Waals surface area contributed by atoms with Crippen LogP contribution in [0.4, 0.5) is 4.39 Å². The molecule has 0 aliphatic carbocycles. The highest BCUT2D eigenvalue weighted by molar-refractivity contribution is 5.96. The summed E-state index contributed by atoms with van der Waals surface area (Å²) in [7, 11) is 0. The first kappa shape index (κ1) is 16.7. The summed E-state index contributed by atoms with van der Waals surface area (Å²) < 4.78 is 13.3. The Balaban J connectivity index is 1.99. The monoisotopic (exact) mass is 312 g/mol. The fourth-order valence-corrected chi connectivity index (χ4v) is 2.57. The van der Waals surface area contributed by atoms with Crippen molar-refractivity contribution < 1.29 is 9.18 Å². The number of piperazine rings is 1. The average Bonchev–Trinajstić information content (AvgIpc) is 2.58.